The Morgan fingerprint density at radius 2 is 1.91 bits per heavy atom. The first-order valence-electron chi connectivity index (χ1n) is 7.52. The van der Waals surface area contributed by atoms with Gasteiger partial charge in [0.15, 0.2) is 0 Å². The molecule has 0 spiro atoms. The first-order valence-corrected chi connectivity index (χ1v) is 8.68. The summed E-state index contributed by atoms with van der Waals surface area (Å²) in [6.07, 6.45) is 0. The highest BCUT2D eigenvalue weighted by atomic mass is 35.5. The number of nitrogens with zero attached hydrogens (tertiary/aromatic N) is 1. The molecule has 0 aliphatic carbocycles. The molecule has 0 radical (unpaired) electrons. The van der Waals surface area contributed by atoms with Gasteiger partial charge in [-0.15, -0.1) is 12.4 Å². The molecule has 2 rings (SSSR count). The number of anilines is 1. The van der Waals surface area contributed by atoms with E-state index in [0.717, 1.165) is 24.6 Å². The SMILES string of the molecule is CC(N)C(C)C(=O)Nc1cccc(C(=O)N2CCSCC2)c1.Cl. The van der Waals surface area contributed by atoms with Crippen LogP contribution in [0.25, 0.3) is 0 Å². The van der Waals surface area contributed by atoms with E-state index in [4.69, 9.17) is 5.73 Å². The van der Waals surface area contributed by atoms with Crippen LogP contribution in [0.5, 0.6) is 0 Å². The third kappa shape index (κ3) is 5.41. The maximum absolute atomic E-state index is 12.5. The summed E-state index contributed by atoms with van der Waals surface area (Å²) in [6.45, 7) is 5.16. The molecule has 0 saturated carbocycles. The number of benzene rings is 1. The Bertz CT molecular complexity index is 548. The molecule has 2 atom stereocenters. The summed E-state index contributed by atoms with van der Waals surface area (Å²) < 4.78 is 0. The third-order valence-corrected chi connectivity index (χ3v) is 4.82. The molecule has 7 heteroatoms. The predicted molar refractivity (Wildman–Crippen MR) is 98.4 cm³/mol. The van der Waals surface area contributed by atoms with Gasteiger partial charge < -0.3 is 16.0 Å². The van der Waals surface area contributed by atoms with E-state index in [2.05, 4.69) is 5.32 Å². The van der Waals surface area contributed by atoms with Crippen LogP contribution >= 0.6 is 24.2 Å². The maximum atomic E-state index is 12.5. The van der Waals surface area contributed by atoms with Crippen LogP contribution in [0.15, 0.2) is 24.3 Å². The van der Waals surface area contributed by atoms with Crippen LogP contribution in [0.3, 0.4) is 0 Å². The summed E-state index contributed by atoms with van der Waals surface area (Å²) in [5.74, 6) is 1.58. The van der Waals surface area contributed by atoms with E-state index in [1.807, 2.05) is 16.7 Å². The molecule has 1 saturated heterocycles. The van der Waals surface area contributed by atoms with E-state index in [-0.39, 0.29) is 36.2 Å². The Hall–Kier alpha value is -1.24. The first kappa shape index (κ1) is 19.8. The van der Waals surface area contributed by atoms with Crippen LogP contribution in [-0.2, 0) is 4.79 Å². The quantitative estimate of drug-likeness (QED) is 0.866. The zero-order valence-electron chi connectivity index (χ0n) is 13.5. The second-order valence-electron chi connectivity index (χ2n) is 5.62. The minimum Gasteiger partial charge on any atom is -0.337 e. The number of carbonyl (C=O) groups is 2. The van der Waals surface area contributed by atoms with E-state index in [9.17, 15) is 9.59 Å². The molecule has 128 valence electrons. The Morgan fingerprint density at radius 3 is 2.52 bits per heavy atom. The predicted octanol–water partition coefficient (Wildman–Crippen LogP) is 2.22. The van der Waals surface area contributed by atoms with Crippen molar-refractivity contribution in [3.8, 4) is 0 Å². The highest BCUT2D eigenvalue weighted by Crippen LogP contribution is 2.17. The Kier molecular flexibility index (Phi) is 7.88. The van der Waals surface area contributed by atoms with Gasteiger partial charge in [0.05, 0.1) is 5.92 Å². The standard InChI is InChI=1S/C16H23N3O2S.ClH/c1-11(12(2)17)15(20)18-14-5-3-4-13(10-14)16(21)19-6-8-22-9-7-19;/h3-5,10-12H,6-9,17H2,1-2H3,(H,18,20);1H. The van der Waals surface area contributed by atoms with Crippen LogP contribution < -0.4 is 11.1 Å². The van der Waals surface area contributed by atoms with Crippen LogP contribution in [0, 0.1) is 5.92 Å². The number of thioether (sulfide) groups is 1. The van der Waals surface area contributed by atoms with Crippen LogP contribution in [0.2, 0.25) is 0 Å². The monoisotopic (exact) mass is 357 g/mol. The van der Waals surface area contributed by atoms with Gasteiger partial charge >= 0.3 is 0 Å². The second kappa shape index (κ2) is 9.15. The van der Waals surface area contributed by atoms with Crippen molar-refractivity contribution in [1.82, 2.24) is 4.90 Å². The number of carbonyl (C=O) groups excluding carboxylic acids is 2. The Balaban J connectivity index is 0.00000264. The second-order valence-corrected chi connectivity index (χ2v) is 6.85. The molecule has 1 fully saturated rings. The van der Waals surface area contributed by atoms with Crippen molar-refractivity contribution < 1.29 is 9.59 Å². The van der Waals surface area contributed by atoms with E-state index in [0.29, 0.717) is 11.3 Å². The summed E-state index contributed by atoms with van der Waals surface area (Å²) >= 11 is 1.87. The summed E-state index contributed by atoms with van der Waals surface area (Å²) in [6, 6.07) is 6.88. The molecule has 5 nitrogen and oxygen atoms in total. The Morgan fingerprint density at radius 1 is 1.26 bits per heavy atom. The lowest BCUT2D eigenvalue weighted by atomic mass is 10.0. The fourth-order valence-corrected chi connectivity index (χ4v) is 3.08. The molecule has 2 amide bonds. The average molecular weight is 358 g/mol. The fraction of sp³-hybridized carbons (Fsp3) is 0.500. The zero-order chi connectivity index (χ0) is 16.1. The highest BCUT2D eigenvalue weighted by molar-refractivity contribution is 7.99. The van der Waals surface area contributed by atoms with Gasteiger partial charge in [-0.3, -0.25) is 9.59 Å². The summed E-state index contributed by atoms with van der Waals surface area (Å²) in [5, 5.41) is 2.83. The lowest BCUT2D eigenvalue weighted by Crippen LogP contribution is -2.38. The molecule has 1 aliphatic heterocycles. The van der Waals surface area contributed by atoms with Gasteiger partial charge in [-0.1, -0.05) is 13.0 Å². The smallest absolute Gasteiger partial charge is 0.253 e. The number of nitrogens with two attached hydrogens (primary N) is 1. The minimum atomic E-state index is -0.279. The van der Waals surface area contributed by atoms with E-state index in [1.54, 1.807) is 38.1 Å². The van der Waals surface area contributed by atoms with E-state index < -0.39 is 0 Å². The summed E-state index contributed by atoms with van der Waals surface area (Å²) in [5.41, 5.74) is 6.99. The number of halogens is 1. The van der Waals surface area contributed by atoms with Crippen LogP contribution in [0.1, 0.15) is 24.2 Å². The van der Waals surface area contributed by atoms with Gasteiger partial charge in [0.2, 0.25) is 5.91 Å². The van der Waals surface area contributed by atoms with Gasteiger partial charge in [-0.2, -0.15) is 11.8 Å². The number of rotatable bonds is 4. The van der Waals surface area contributed by atoms with Crippen molar-refractivity contribution in [2.24, 2.45) is 11.7 Å². The van der Waals surface area contributed by atoms with Crippen molar-refractivity contribution in [2.45, 2.75) is 19.9 Å². The third-order valence-electron chi connectivity index (χ3n) is 3.88. The minimum absolute atomic E-state index is 0. The van der Waals surface area contributed by atoms with Crippen molar-refractivity contribution in [2.75, 3.05) is 29.9 Å². The van der Waals surface area contributed by atoms with Gasteiger partial charge in [0, 0.05) is 41.9 Å². The van der Waals surface area contributed by atoms with Gasteiger partial charge in [0.25, 0.3) is 5.91 Å². The largest absolute Gasteiger partial charge is 0.337 e. The molecule has 1 aromatic rings. The van der Waals surface area contributed by atoms with Crippen molar-refractivity contribution in [3.05, 3.63) is 29.8 Å². The lowest BCUT2D eigenvalue weighted by molar-refractivity contribution is -0.119. The number of hydrogen-bond acceptors (Lipinski definition) is 4. The maximum Gasteiger partial charge on any atom is 0.253 e. The average Bonchev–Trinajstić information content (AvgIpc) is 2.54. The molecule has 2 unspecified atom stereocenters. The topological polar surface area (TPSA) is 75.4 Å². The molecule has 1 heterocycles. The Labute approximate surface area is 147 Å². The van der Waals surface area contributed by atoms with Gasteiger partial charge in [0.1, 0.15) is 0 Å². The summed E-state index contributed by atoms with van der Waals surface area (Å²) in [7, 11) is 0. The van der Waals surface area contributed by atoms with Crippen molar-refractivity contribution in [3.63, 3.8) is 0 Å². The zero-order valence-corrected chi connectivity index (χ0v) is 15.1. The van der Waals surface area contributed by atoms with Crippen molar-refractivity contribution in [1.29, 1.82) is 0 Å². The van der Waals surface area contributed by atoms with Crippen molar-refractivity contribution >= 4 is 41.7 Å². The number of hydrogen-bond donors (Lipinski definition) is 2. The van der Waals surface area contributed by atoms with Crippen LogP contribution in [0.4, 0.5) is 5.69 Å². The fourth-order valence-electron chi connectivity index (χ4n) is 2.17. The van der Waals surface area contributed by atoms with E-state index in [1.165, 1.54) is 0 Å². The summed E-state index contributed by atoms with van der Waals surface area (Å²) in [4.78, 5) is 26.4. The molecular weight excluding hydrogens is 334 g/mol. The number of amides is 2. The van der Waals surface area contributed by atoms with Gasteiger partial charge in [-0.05, 0) is 25.1 Å². The lowest BCUT2D eigenvalue weighted by Gasteiger charge is -2.26. The number of nitrogens with one attached hydrogen (secondary N) is 1. The molecule has 1 aliphatic rings. The molecular formula is C16H24ClN3O2S. The van der Waals surface area contributed by atoms with Gasteiger partial charge in [-0.25, -0.2) is 0 Å². The first-order chi connectivity index (χ1) is 10.5. The molecule has 0 aromatic heterocycles. The molecule has 23 heavy (non-hydrogen) atoms. The molecule has 0 bridgehead atoms. The van der Waals surface area contributed by atoms with E-state index >= 15 is 0 Å². The molecule has 3 N–H and O–H groups in total. The highest BCUT2D eigenvalue weighted by Gasteiger charge is 2.20. The van der Waals surface area contributed by atoms with Crippen LogP contribution in [-0.4, -0.2) is 47.4 Å². The normalized spacial score (nSPS) is 16.9. The molecule has 1 aromatic carbocycles.